The van der Waals surface area contributed by atoms with Crippen molar-refractivity contribution in [1.29, 1.82) is 5.26 Å². The van der Waals surface area contributed by atoms with Gasteiger partial charge in [-0.05, 0) is 23.9 Å². The molecule has 0 radical (unpaired) electrons. The Morgan fingerprint density at radius 1 is 1.11 bits per heavy atom. The quantitative estimate of drug-likeness (QED) is 0.466. The highest BCUT2D eigenvalue weighted by Gasteiger charge is 2.29. The van der Waals surface area contributed by atoms with Crippen molar-refractivity contribution in [3.63, 3.8) is 0 Å². The van der Waals surface area contributed by atoms with Gasteiger partial charge in [-0.25, -0.2) is 4.39 Å². The summed E-state index contributed by atoms with van der Waals surface area (Å²) in [6.07, 6.45) is 0.760. The maximum atomic E-state index is 13.3. The van der Waals surface area contributed by atoms with Gasteiger partial charge in [-0.1, -0.05) is 42.4 Å². The van der Waals surface area contributed by atoms with Crippen LogP contribution in [0.4, 0.5) is 15.9 Å². The lowest BCUT2D eigenvalue weighted by atomic mass is 10.0. The SMILES string of the molecule is C=C(F)C(=O)N1CCN(c2nc(OC)nc3c2CCN(c2cccc4cccc(Cl)c24)C3)CC1.CC#N. The lowest BCUT2D eigenvalue weighted by molar-refractivity contribution is -0.128. The van der Waals surface area contributed by atoms with Crippen molar-refractivity contribution in [3.05, 3.63) is 65.1 Å². The zero-order valence-electron chi connectivity index (χ0n) is 20.9. The molecule has 0 N–H and O–H groups in total. The van der Waals surface area contributed by atoms with Crippen molar-refractivity contribution in [2.45, 2.75) is 19.9 Å². The van der Waals surface area contributed by atoms with E-state index >= 15 is 0 Å². The third-order valence-corrected chi connectivity index (χ3v) is 6.79. The predicted molar refractivity (Wildman–Crippen MR) is 143 cm³/mol. The summed E-state index contributed by atoms with van der Waals surface area (Å²) >= 11 is 6.57. The molecule has 0 aliphatic carbocycles. The molecule has 37 heavy (non-hydrogen) atoms. The summed E-state index contributed by atoms with van der Waals surface area (Å²) in [7, 11) is 1.56. The van der Waals surface area contributed by atoms with Crippen molar-refractivity contribution in [3.8, 4) is 12.1 Å². The number of fused-ring (bicyclic) bond motifs is 2. The van der Waals surface area contributed by atoms with Gasteiger partial charge in [0.1, 0.15) is 5.82 Å². The Bertz CT molecular complexity index is 1360. The van der Waals surface area contributed by atoms with Crippen LogP contribution in [0, 0.1) is 11.3 Å². The molecule has 1 saturated heterocycles. The normalized spacial score (nSPS) is 14.8. The Morgan fingerprint density at radius 2 is 1.78 bits per heavy atom. The van der Waals surface area contributed by atoms with Gasteiger partial charge in [-0.3, -0.25) is 4.79 Å². The summed E-state index contributed by atoms with van der Waals surface area (Å²) in [4.78, 5) is 27.2. The summed E-state index contributed by atoms with van der Waals surface area (Å²) in [6, 6.07) is 14.2. The van der Waals surface area contributed by atoms with Crippen LogP contribution in [0.3, 0.4) is 0 Å². The van der Waals surface area contributed by atoms with Crippen molar-refractivity contribution >= 4 is 39.8 Å². The highest BCUT2D eigenvalue weighted by atomic mass is 35.5. The molecule has 2 aliphatic rings. The number of amides is 1. The van der Waals surface area contributed by atoms with Crippen LogP contribution in [0.5, 0.6) is 6.01 Å². The second-order valence-corrected chi connectivity index (χ2v) is 9.06. The zero-order valence-corrected chi connectivity index (χ0v) is 21.6. The number of methoxy groups -OCH3 is 1. The molecule has 0 spiro atoms. The number of anilines is 2. The molecule has 1 amide bonds. The number of nitrogens with zero attached hydrogens (tertiary/aromatic N) is 6. The van der Waals surface area contributed by atoms with Crippen molar-refractivity contribution < 1.29 is 13.9 Å². The Hall–Kier alpha value is -3.90. The molecular formula is C27H28ClFN6O2. The first-order valence-electron chi connectivity index (χ1n) is 11.9. The van der Waals surface area contributed by atoms with Gasteiger partial charge in [-0.2, -0.15) is 15.2 Å². The molecule has 8 nitrogen and oxygen atoms in total. The van der Waals surface area contributed by atoms with E-state index < -0.39 is 11.7 Å². The number of aromatic nitrogens is 2. The summed E-state index contributed by atoms with van der Waals surface area (Å²) in [5, 5.41) is 10.2. The van der Waals surface area contributed by atoms with Gasteiger partial charge in [-0.15, -0.1) is 0 Å². The molecule has 1 aromatic heterocycles. The molecule has 0 unspecified atom stereocenters. The number of carbonyl (C=O) groups is 1. The van der Waals surface area contributed by atoms with E-state index in [4.69, 9.17) is 21.6 Å². The van der Waals surface area contributed by atoms with Gasteiger partial charge in [0.15, 0.2) is 5.83 Å². The second-order valence-electron chi connectivity index (χ2n) is 8.65. The van der Waals surface area contributed by atoms with Crippen LogP contribution in [0.2, 0.25) is 5.02 Å². The molecule has 192 valence electrons. The largest absolute Gasteiger partial charge is 0.467 e. The number of ether oxygens (including phenoxy) is 1. The van der Waals surface area contributed by atoms with E-state index in [1.807, 2.05) is 18.2 Å². The molecule has 2 aromatic carbocycles. The van der Waals surface area contributed by atoms with Crippen LogP contribution < -0.4 is 14.5 Å². The number of nitriles is 1. The molecule has 1 fully saturated rings. The smallest absolute Gasteiger partial charge is 0.318 e. The minimum atomic E-state index is -0.928. The first kappa shape index (κ1) is 26.2. The van der Waals surface area contributed by atoms with Crippen LogP contribution in [-0.4, -0.2) is 60.6 Å². The molecule has 3 heterocycles. The first-order valence-corrected chi connectivity index (χ1v) is 12.3. The van der Waals surface area contributed by atoms with Crippen LogP contribution >= 0.6 is 11.6 Å². The van der Waals surface area contributed by atoms with Crippen molar-refractivity contribution in [2.75, 3.05) is 49.6 Å². The molecule has 0 atom stereocenters. The maximum absolute atomic E-state index is 13.3. The highest BCUT2D eigenvalue weighted by molar-refractivity contribution is 6.36. The fourth-order valence-electron chi connectivity index (χ4n) is 4.78. The van der Waals surface area contributed by atoms with E-state index in [1.165, 1.54) is 11.8 Å². The number of hydrogen-bond acceptors (Lipinski definition) is 7. The summed E-state index contributed by atoms with van der Waals surface area (Å²) in [6.45, 7) is 7.86. The van der Waals surface area contributed by atoms with E-state index in [1.54, 1.807) is 13.2 Å². The van der Waals surface area contributed by atoms with Gasteiger partial charge in [0.05, 0.1) is 30.4 Å². The molecule has 3 aromatic rings. The van der Waals surface area contributed by atoms with Crippen LogP contribution in [0.15, 0.2) is 48.8 Å². The summed E-state index contributed by atoms with van der Waals surface area (Å²) in [5.41, 5.74) is 3.07. The van der Waals surface area contributed by atoms with Crippen LogP contribution in [0.1, 0.15) is 18.2 Å². The number of halogens is 2. The fourth-order valence-corrected chi connectivity index (χ4v) is 5.06. The molecule has 2 aliphatic heterocycles. The minimum Gasteiger partial charge on any atom is -0.467 e. The van der Waals surface area contributed by atoms with Gasteiger partial charge in [0.2, 0.25) is 0 Å². The number of carbonyl (C=O) groups excluding carboxylic acids is 1. The van der Waals surface area contributed by atoms with E-state index in [0.29, 0.717) is 38.7 Å². The number of rotatable bonds is 4. The average Bonchev–Trinajstić information content (AvgIpc) is 2.92. The van der Waals surface area contributed by atoms with Gasteiger partial charge in [0, 0.05) is 56.3 Å². The second kappa shape index (κ2) is 11.4. The zero-order chi connectivity index (χ0) is 26.5. The molecule has 10 heteroatoms. The highest BCUT2D eigenvalue weighted by Crippen LogP contribution is 2.37. The van der Waals surface area contributed by atoms with Crippen molar-refractivity contribution in [2.24, 2.45) is 0 Å². The van der Waals surface area contributed by atoms with E-state index in [2.05, 4.69) is 44.5 Å². The fraction of sp³-hybridized carbons (Fsp3) is 0.333. The summed E-state index contributed by atoms with van der Waals surface area (Å²) in [5.74, 6) is -0.752. The van der Waals surface area contributed by atoms with E-state index in [0.717, 1.165) is 51.5 Å². The van der Waals surface area contributed by atoms with Crippen LogP contribution in [0.25, 0.3) is 10.8 Å². The summed E-state index contributed by atoms with van der Waals surface area (Å²) < 4.78 is 18.7. The van der Waals surface area contributed by atoms with Gasteiger partial charge >= 0.3 is 6.01 Å². The number of hydrogen-bond donors (Lipinski definition) is 0. The monoisotopic (exact) mass is 522 g/mol. The van der Waals surface area contributed by atoms with E-state index in [9.17, 15) is 9.18 Å². The lowest BCUT2D eigenvalue weighted by Crippen LogP contribution is -2.49. The standard InChI is InChI=1S/C25H25ClFN5O2.C2H3N/c1-16(27)24(33)31-13-11-30(12-14-31)23-18-9-10-32(15-20(18)28-25(29-23)34-2)21-8-4-6-17-5-3-7-19(26)22(17)21;1-2-3/h3-8H,1,9-15H2,2H3;1H3. The third-order valence-electron chi connectivity index (χ3n) is 6.48. The van der Waals surface area contributed by atoms with Gasteiger partial charge < -0.3 is 19.4 Å². The molecule has 0 saturated carbocycles. The van der Waals surface area contributed by atoms with E-state index in [-0.39, 0.29) is 0 Å². The van der Waals surface area contributed by atoms with Gasteiger partial charge in [0.25, 0.3) is 5.91 Å². The third kappa shape index (κ3) is 5.44. The van der Waals surface area contributed by atoms with Crippen LogP contribution in [-0.2, 0) is 17.8 Å². The average molecular weight is 523 g/mol. The lowest BCUT2D eigenvalue weighted by Gasteiger charge is -2.38. The number of benzene rings is 2. The number of piperazine rings is 1. The van der Waals surface area contributed by atoms with Crippen molar-refractivity contribution in [1.82, 2.24) is 14.9 Å². The maximum Gasteiger partial charge on any atom is 0.318 e. The Balaban J connectivity index is 0.00000102. The Morgan fingerprint density at radius 3 is 2.43 bits per heavy atom. The predicted octanol–water partition coefficient (Wildman–Crippen LogP) is 4.52. The first-order chi connectivity index (χ1) is 17.9. The Kier molecular flexibility index (Phi) is 8.09. The molecule has 0 bridgehead atoms. The molecular weight excluding hydrogens is 495 g/mol. The molecule has 5 rings (SSSR count). The minimum absolute atomic E-state index is 0.308. The Labute approximate surface area is 220 Å². The topological polar surface area (TPSA) is 85.6 Å².